The van der Waals surface area contributed by atoms with Gasteiger partial charge in [0.2, 0.25) is 5.91 Å². The third-order valence-electron chi connectivity index (χ3n) is 3.93. The minimum Gasteiger partial charge on any atom is -0.496 e. The Morgan fingerprint density at radius 3 is 2.95 bits per heavy atom. The molecule has 104 valence electrons. The summed E-state index contributed by atoms with van der Waals surface area (Å²) in [6.45, 7) is 4.99. The Labute approximate surface area is 114 Å². The van der Waals surface area contributed by atoms with Crippen LogP contribution in [0.3, 0.4) is 0 Å². The molecule has 1 aliphatic rings. The van der Waals surface area contributed by atoms with Crippen molar-refractivity contribution in [3.63, 3.8) is 0 Å². The number of quaternary nitrogens is 1. The second kappa shape index (κ2) is 6.06. The maximum atomic E-state index is 11.3. The number of nitrogens with one attached hydrogen (secondary N) is 1. The van der Waals surface area contributed by atoms with Crippen LogP contribution >= 0.6 is 0 Å². The molecule has 4 heteroatoms. The molecule has 0 aromatic heterocycles. The van der Waals surface area contributed by atoms with E-state index in [4.69, 9.17) is 10.5 Å². The van der Waals surface area contributed by atoms with E-state index < -0.39 is 0 Å². The predicted molar refractivity (Wildman–Crippen MR) is 74.1 cm³/mol. The minimum absolute atomic E-state index is 0.0445. The molecule has 1 heterocycles. The van der Waals surface area contributed by atoms with E-state index in [1.807, 2.05) is 6.07 Å². The molecule has 1 saturated heterocycles. The number of piperidine rings is 1. The van der Waals surface area contributed by atoms with Crippen molar-refractivity contribution >= 4 is 5.91 Å². The van der Waals surface area contributed by atoms with Crippen LogP contribution in [0, 0.1) is 12.8 Å². The number of carbonyl (C=O) groups is 1. The second-order valence-electron chi connectivity index (χ2n) is 5.43. The number of benzene rings is 1. The van der Waals surface area contributed by atoms with Crippen LogP contribution < -0.4 is 15.4 Å². The van der Waals surface area contributed by atoms with Crippen LogP contribution in [0.15, 0.2) is 18.2 Å². The number of hydrogen-bond acceptors (Lipinski definition) is 2. The van der Waals surface area contributed by atoms with Crippen LogP contribution in [-0.4, -0.2) is 26.1 Å². The number of hydrogen-bond donors (Lipinski definition) is 2. The van der Waals surface area contributed by atoms with E-state index in [0.29, 0.717) is 0 Å². The molecular formula is C15H23N2O2+. The van der Waals surface area contributed by atoms with Gasteiger partial charge in [-0.3, -0.25) is 4.79 Å². The van der Waals surface area contributed by atoms with Gasteiger partial charge in [0.1, 0.15) is 12.3 Å². The van der Waals surface area contributed by atoms with Gasteiger partial charge < -0.3 is 15.4 Å². The van der Waals surface area contributed by atoms with E-state index in [0.717, 1.165) is 43.8 Å². The third kappa shape index (κ3) is 3.47. The van der Waals surface area contributed by atoms with E-state index in [2.05, 4.69) is 19.1 Å². The van der Waals surface area contributed by atoms with Gasteiger partial charge >= 0.3 is 0 Å². The summed E-state index contributed by atoms with van der Waals surface area (Å²) < 4.78 is 5.27. The van der Waals surface area contributed by atoms with Crippen LogP contribution in [0.5, 0.6) is 5.75 Å². The van der Waals surface area contributed by atoms with Gasteiger partial charge in [-0.25, -0.2) is 0 Å². The zero-order valence-corrected chi connectivity index (χ0v) is 11.7. The number of aryl methyl sites for hydroxylation is 1. The Balaban J connectivity index is 2.00. The molecule has 4 nitrogen and oxygen atoms in total. The van der Waals surface area contributed by atoms with Gasteiger partial charge in [-0.05, 0) is 43.5 Å². The number of ether oxygens (including phenoxy) is 1. The lowest BCUT2D eigenvalue weighted by molar-refractivity contribution is -0.921. The van der Waals surface area contributed by atoms with Crippen molar-refractivity contribution in [2.24, 2.45) is 11.7 Å². The van der Waals surface area contributed by atoms with Crippen molar-refractivity contribution in [2.75, 3.05) is 20.2 Å². The highest BCUT2D eigenvalue weighted by molar-refractivity contribution is 5.76. The van der Waals surface area contributed by atoms with Crippen LogP contribution in [0.25, 0.3) is 0 Å². The number of primary amides is 1. The highest BCUT2D eigenvalue weighted by Crippen LogP contribution is 2.18. The number of amides is 1. The fourth-order valence-electron chi connectivity index (χ4n) is 2.89. The minimum atomic E-state index is -0.150. The Hall–Kier alpha value is -1.55. The quantitative estimate of drug-likeness (QED) is 0.820. The lowest BCUT2D eigenvalue weighted by Gasteiger charge is -2.28. The van der Waals surface area contributed by atoms with E-state index in [1.54, 1.807) is 7.11 Å². The lowest BCUT2D eigenvalue weighted by atomic mass is 9.97. The first-order valence-electron chi connectivity index (χ1n) is 6.86. The number of rotatable bonds is 4. The molecule has 1 amide bonds. The highest BCUT2D eigenvalue weighted by Gasteiger charge is 2.26. The normalized spacial score (nSPS) is 23.1. The second-order valence-corrected chi connectivity index (χ2v) is 5.43. The lowest BCUT2D eigenvalue weighted by Crippen LogP contribution is -3.12. The Bertz CT molecular complexity index is 459. The molecule has 0 radical (unpaired) electrons. The van der Waals surface area contributed by atoms with Gasteiger partial charge in [-0.15, -0.1) is 0 Å². The van der Waals surface area contributed by atoms with E-state index >= 15 is 0 Å². The fraction of sp³-hybridized carbons (Fsp3) is 0.533. The van der Waals surface area contributed by atoms with E-state index in [1.165, 1.54) is 10.5 Å². The fourth-order valence-corrected chi connectivity index (χ4v) is 2.89. The van der Waals surface area contributed by atoms with Crippen molar-refractivity contribution in [2.45, 2.75) is 26.3 Å². The largest absolute Gasteiger partial charge is 0.496 e. The third-order valence-corrected chi connectivity index (χ3v) is 3.93. The molecule has 0 bridgehead atoms. The van der Waals surface area contributed by atoms with Gasteiger partial charge in [0.15, 0.2) is 0 Å². The van der Waals surface area contributed by atoms with Gasteiger partial charge in [0.05, 0.1) is 26.1 Å². The van der Waals surface area contributed by atoms with E-state index in [-0.39, 0.29) is 11.8 Å². The summed E-state index contributed by atoms with van der Waals surface area (Å²) in [5, 5.41) is 0. The van der Waals surface area contributed by atoms with Crippen molar-refractivity contribution in [1.82, 2.24) is 0 Å². The Morgan fingerprint density at radius 2 is 2.32 bits per heavy atom. The molecule has 1 fully saturated rings. The monoisotopic (exact) mass is 263 g/mol. The SMILES string of the molecule is COc1ccc(C[NH+]2CCC[C@H](C(N)=O)C2)cc1C. The number of likely N-dealkylation sites (tertiary alicyclic amines) is 1. The van der Waals surface area contributed by atoms with Crippen LogP contribution in [0.2, 0.25) is 0 Å². The molecule has 19 heavy (non-hydrogen) atoms. The zero-order chi connectivity index (χ0) is 13.8. The van der Waals surface area contributed by atoms with Crippen LogP contribution in [-0.2, 0) is 11.3 Å². The Morgan fingerprint density at radius 1 is 1.53 bits per heavy atom. The van der Waals surface area contributed by atoms with E-state index in [9.17, 15) is 4.79 Å². The van der Waals surface area contributed by atoms with Gasteiger partial charge in [0, 0.05) is 5.56 Å². The predicted octanol–water partition coefficient (Wildman–Crippen LogP) is 0.284. The van der Waals surface area contributed by atoms with Crippen LogP contribution in [0.1, 0.15) is 24.0 Å². The molecule has 0 spiro atoms. The Kier molecular flexibility index (Phi) is 4.43. The first kappa shape index (κ1) is 13.9. The first-order chi connectivity index (χ1) is 9.10. The molecule has 1 aliphatic heterocycles. The smallest absolute Gasteiger partial charge is 0.226 e. The molecule has 0 aliphatic carbocycles. The number of carbonyl (C=O) groups excluding carboxylic acids is 1. The maximum Gasteiger partial charge on any atom is 0.226 e. The van der Waals surface area contributed by atoms with Gasteiger partial charge in [-0.2, -0.15) is 0 Å². The number of methoxy groups -OCH3 is 1. The maximum absolute atomic E-state index is 11.3. The van der Waals surface area contributed by atoms with Gasteiger partial charge in [-0.1, -0.05) is 0 Å². The molecule has 1 aromatic carbocycles. The highest BCUT2D eigenvalue weighted by atomic mass is 16.5. The van der Waals surface area contributed by atoms with Gasteiger partial charge in [0.25, 0.3) is 0 Å². The molecular weight excluding hydrogens is 240 g/mol. The summed E-state index contributed by atoms with van der Waals surface area (Å²) in [4.78, 5) is 12.7. The molecule has 3 N–H and O–H groups in total. The van der Waals surface area contributed by atoms with Crippen molar-refractivity contribution in [1.29, 1.82) is 0 Å². The molecule has 2 rings (SSSR count). The topological polar surface area (TPSA) is 56.8 Å². The number of nitrogens with two attached hydrogens (primary N) is 1. The molecule has 0 saturated carbocycles. The summed E-state index contributed by atoms with van der Waals surface area (Å²) in [6.07, 6.45) is 2.03. The average Bonchev–Trinajstić information content (AvgIpc) is 2.39. The molecule has 1 aromatic rings. The van der Waals surface area contributed by atoms with Crippen molar-refractivity contribution in [3.05, 3.63) is 29.3 Å². The van der Waals surface area contributed by atoms with Crippen molar-refractivity contribution in [3.8, 4) is 5.75 Å². The summed E-state index contributed by atoms with van der Waals surface area (Å²) in [7, 11) is 1.69. The molecule has 1 unspecified atom stereocenters. The molecule has 2 atom stereocenters. The summed E-state index contributed by atoms with van der Waals surface area (Å²) in [5.41, 5.74) is 7.86. The average molecular weight is 263 g/mol. The van der Waals surface area contributed by atoms with Crippen molar-refractivity contribution < 1.29 is 14.4 Å². The first-order valence-corrected chi connectivity index (χ1v) is 6.86. The summed E-state index contributed by atoms with van der Waals surface area (Å²) in [5.74, 6) is 0.818. The zero-order valence-electron chi connectivity index (χ0n) is 11.7. The summed E-state index contributed by atoms with van der Waals surface area (Å²) >= 11 is 0. The standard InChI is InChI=1S/C15H22N2O2/c1-11-8-12(5-6-14(11)19-2)9-17-7-3-4-13(10-17)15(16)18/h5-6,8,13H,3-4,7,9-10H2,1-2H3,(H2,16,18)/p+1/t13-/m0/s1. The van der Waals surface area contributed by atoms with Crippen LogP contribution in [0.4, 0.5) is 0 Å². The summed E-state index contributed by atoms with van der Waals surface area (Å²) in [6, 6.07) is 6.28.